The summed E-state index contributed by atoms with van der Waals surface area (Å²) in [5.41, 5.74) is -1.51. The second-order valence-corrected chi connectivity index (χ2v) is 8.70. The number of cyclic esters (lactones) is 1. The lowest BCUT2D eigenvalue weighted by molar-refractivity contribution is -0.141. The van der Waals surface area contributed by atoms with E-state index in [2.05, 4.69) is 15.3 Å². The summed E-state index contributed by atoms with van der Waals surface area (Å²) in [6, 6.07) is -0.0506. The SMILES string of the molecule is O=C1NC2(CO1)CN(C(=O)N1CC3(CC[C@H](Oc4cnc(C(F)(F)F)cn4)C3)C1)C2. The number of halogens is 3. The third kappa shape index (κ3) is 3.27. The monoisotopic (exact) mass is 427 g/mol. The van der Waals surface area contributed by atoms with Crippen molar-refractivity contribution in [3.8, 4) is 5.88 Å². The Hall–Kier alpha value is -2.79. The van der Waals surface area contributed by atoms with Gasteiger partial charge in [-0.15, -0.1) is 0 Å². The first-order valence-electron chi connectivity index (χ1n) is 9.70. The van der Waals surface area contributed by atoms with E-state index in [1.165, 1.54) is 0 Å². The molecule has 30 heavy (non-hydrogen) atoms. The highest BCUT2D eigenvalue weighted by atomic mass is 19.4. The lowest BCUT2D eigenvalue weighted by Gasteiger charge is -2.53. The van der Waals surface area contributed by atoms with E-state index in [0.717, 1.165) is 19.0 Å². The number of urea groups is 1. The van der Waals surface area contributed by atoms with Crippen molar-refractivity contribution in [3.63, 3.8) is 0 Å². The minimum absolute atomic E-state index is 0.0209. The molecule has 0 aromatic carbocycles. The van der Waals surface area contributed by atoms with Crippen LogP contribution in [0.2, 0.25) is 0 Å². The molecule has 0 bridgehead atoms. The standard InChI is InChI=1S/C18H20F3N5O4/c19-18(20,21)12-4-23-13(5-22-12)30-11-1-2-16(3-11)6-25(7-16)15(28)26-8-17(9-26)10-29-14(27)24-17/h4-5,11H,1-3,6-10H2,(H,24,27)/t11-/m0/s1. The van der Waals surface area contributed by atoms with Gasteiger partial charge in [-0.1, -0.05) is 0 Å². The number of ether oxygens (including phenoxy) is 2. The largest absolute Gasteiger partial charge is 0.473 e. The molecule has 162 valence electrons. The van der Waals surface area contributed by atoms with Crippen LogP contribution in [0.15, 0.2) is 12.4 Å². The summed E-state index contributed by atoms with van der Waals surface area (Å²) in [4.78, 5) is 34.4. The van der Waals surface area contributed by atoms with Crippen LogP contribution in [0, 0.1) is 5.41 Å². The van der Waals surface area contributed by atoms with Crippen LogP contribution in [-0.2, 0) is 10.9 Å². The average Bonchev–Trinajstić information content (AvgIpc) is 3.22. The smallest absolute Gasteiger partial charge is 0.434 e. The molecule has 1 aliphatic carbocycles. The van der Waals surface area contributed by atoms with Crippen molar-refractivity contribution in [1.82, 2.24) is 25.1 Å². The van der Waals surface area contributed by atoms with Crippen molar-refractivity contribution in [2.24, 2.45) is 5.41 Å². The quantitative estimate of drug-likeness (QED) is 0.771. The van der Waals surface area contributed by atoms with Gasteiger partial charge in [0.05, 0.1) is 25.5 Å². The van der Waals surface area contributed by atoms with E-state index >= 15 is 0 Å². The van der Waals surface area contributed by atoms with Crippen molar-refractivity contribution in [3.05, 3.63) is 18.1 Å². The molecule has 12 heteroatoms. The molecule has 3 saturated heterocycles. The first kappa shape index (κ1) is 19.2. The van der Waals surface area contributed by atoms with Gasteiger partial charge in [-0.25, -0.2) is 19.6 Å². The molecule has 1 saturated carbocycles. The zero-order valence-corrected chi connectivity index (χ0v) is 15.9. The van der Waals surface area contributed by atoms with Gasteiger partial charge in [0, 0.05) is 18.5 Å². The second-order valence-electron chi connectivity index (χ2n) is 8.70. The van der Waals surface area contributed by atoms with E-state index in [4.69, 9.17) is 9.47 Å². The summed E-state index contributed by atoms with van der Waals surface area (Å²) in [7, 11) is 0. The summed E-state index contributed by atoms with van der Waals surface area (Å²) < 4.78 is 48.3. The van der Waals surface area contributed by atoms with Gasteiger partial charge in [-0.2, -0.15) is 13.2 Å². The Kier molecular flexibility index (Phi) is 4.06. The van der Waals surface area contributed by atoms with Gasteiger partial charge in [0.2, 0.25) is 5.88 Å². The fraction of sp³-hybridized carbons (Fsp3) is 0.667. The molecule has 0 unspecified atom stereocenters. The third-order valence-corrected chi connectivity index (χ3v) is 6.29. The predicted octanol–water partition coefficient (Wildman–Crippen LogP) is 1.64. The maximum absolute atomic E-state index is 12.6. The zero-order valence-electron chi connectivity index (χ0n) is 15.9. The predicted molar refractivity (Wildman–Crippen MR) is 93.5 cm³/mol. The molecule has 5 rings (SSSR count). The molecule has 2 spiro atoms. The van der Waals surface area contributed by atoms with Gasteiger partial charge in [0.1, 0.15) is 18.2 Å². The summed E-state index contributed by atoms with van der Waals surface area (Å²) in [6.45, 7) is 2.41. The van der Waals surface area contributed by atoms with Crippen LogP contribution in [-0.4, -0.2) is 76.3 Å². The van der Waals surface area contributed by atoms with Gasteiger partial charge in [0.25, 0.3) is 0 Å². The molecular weight excluding hydrogens is 407 g/mol. The molecule has 4 aliphatic rings. The zero-order chi connectivity index (χ0) is 21.1. The van der Waals surface area contributed by atoms with Gasteiger partial charge in [-0.05, 0) is 19.3 Å². The van der Waals surface area contributed by atoms with Crippen LogP contribution >= 0.6 is 0 Å². The number of carbonyl (C=O) groups excluding carboxylic acids is 2. The molecular formula is C18H20F3N5O4. The number of likely N-dealkylation sites (tertiary alicyclic amines) is 2. The highest BCUT2D eigenvalue weighted by Gasteiger charge is 2.56. The molecule has 4 heterocycles. The van der Waals surface area contributed by atoms with Crippen LogP contribution in [0.4, 0.5) is 22.8 Å². The second kappa shape index (κ2) is 6.35. The Balaban J connectivity index is 1.10. The van der Waals surface area contributed by atoms with E-state index in [-0.39, 0.29) is 30.0 Å². The Morgan fingerprint density at radius 1 is 1.20 bits per heavy atom. The Morgan fingerprint density at radius 3 is 2.53 bits per heavy atom. The van der Waals surface area contributed by atoms with Crippen LogP contribution in [0.3, 0.4) is 0 Å². The molecule has 3 amide bonds. The maximum Gasteiger partial charge on any atom is 0.434 e. The number of hydrogen-bond acceptors (Lipinski definition) is 6. The molecule has 1 aromatic heterocycles. The number of aromatic nitrogens is 2. The van der Waals surface area contributed by atoms with E-state index in [0.29, 0.717) is 38.8 Å². The lowest BCUT2D eigenvalue weighted by Crippen LogP contribution is -2.73. The Labute approximate surface area is 169 Å². The summed E-state index contributed by atoms with van der Waals surface area (Å²) >= 11 is 0. The molecule has 4 fully saturated rings. The Morgan fingerprint density at radius 2 is 1.93 bits per heavy atom. The third-order valence-electron chi connectivity index (χ3n) is 6.29. The van der Waals surface area contributed by atoms with Crippen molar-refractivity contribution >= 4 is 12.1 Å². The number of amides is 3. The topological polar surface area (TPSA) is 96.9 Å². The van der Waals surface area contributed by atoms with Crippen molar-refractivity contribution in [2.75, 3.05) is 32.8 Å². The summed E-state index contributed by atoms with van der Waals surface area (Å²) in [5, 5.41) is 2.75. The number of alkyl carbamates (subject to hydrolysis) is 1. The highest BCUT2D eigenvalue weighted by Crippen LogP contribution is 2.47. The van der Waals surface area contributed by atoms with Crippen LogP contribution in [0.1, 0.15) is 25.0 Å². The van der Waals surface area contributed by atoms with Crippen molar-refractivity contribution in [1.29, 1.82) is 0 Å². The van der Waals surface area contributed by atoms with Gasteiger partial charge in [-0.3, -0.25) is 0 Å². The first-order chi connectivity index (χ1) is 14.2. The average molecular weight is 427 g/mol. The van der Waals surface area contributed by atoms with Crippen LogP contribution < -0.4 is 10.1 Å². The van der Waals surface area contributed by atoms with Crippen molar-refractivity contribution in [2.45, 2.75) is 37.1 Å². The highest BCUT2D eigenvalue weighted by molar-refractivity contribution is 5.78. The van der Waals surface area contributed by atoms with E-state index in [1.807, 2.05) is 0 Å². The maximum atomic E-state index is 12.6. The number of carbonyl (C=O) groups is 2. The molecule has 1 atom stereocenters. The van der Waals surface area contributed by atoms with E-state index in [1.54, 1.807) is 9.80 Å². The summed E-state index contributed by atoms with van der Waals surface area (Å²) in [5.74, 6) is 0.0732. The number of hydrogen-bond donors (Lipinski definition) is 1. The number of rotatable bonds is 2. The minimum atomic E-state index is -4.53. The number of nitrogens with zero attached hydrogens (tertiary/aromatic N) is 4. The fourth-order valence-electron chi connectivity index (χ4n) is 4.82. The molecule has 0 radical (unpaired) electrons. The molecule has 1 aromatic rings. The van der Waals surface area contributed by atoms with Gasteiger partial charge < -0.3 is 24.6 Å². The van der Waals surface area contributed by atoms with Gasteiger partial charge in [0.15, 0.2) is 5.69 Å². The lowest BCUT2D eigenvalue weighted by atomic mass is 9.78. The van der Waals surface area contributed by atoms with Crippen molar-refractivity contribution < 1.29 is 32.2 Å². The first-order valence-corrected chi connectivity index (χ1v) is 9.70. The molecule has 1 N–H and O–H groups in total. The van der Waals surface area contributed by atoms with Crippen LogP contribution in [0.5, 0.6) is 5.88 Å². The molecule has 3 aliphatic heterocycles. The van der Waals surface area contributed by atoms with Crippen LogP contribution in [0.25, 0.3) is 0 Å². The number of alkyl halides is 3. The normalized spacial score (nSPS) is 26.2. The number of nitrogens with one attached hydrogen (secondary N) is 1. The van der Waals surface area contributed by atoms with Gasteiger partial charge >= 0.3 is 18.3 Å². The fourth-order valence-corrected chi connectivity index (χ4v) is 4.82. The summed E-state index contributed by atoms with van der Waals surface area (Å²) in [6.07, 6.45) is -1.13. The van der Waals surface area contributed by atoms with E-state index < -0.39 is 23.5 Å². The minimum Gasteiger partial charge on any atom is -0.473 e. The molecule has 9 nitrogen and oxygen atoms in total. The Bertz CT molecular complexity index is 866. The van der Waals surface area contributed by atoms with E-state index in [9.17, 15) is 22.8 Å².